The number of nitrogens with zero attached hydrogens (tertiary/aromatic N) is 1. The summed E-state index contributed by atoms with van der Waals surface area (Å²) >= 11 is 0. The molecule has 0 aliphatic heterocycles. The molecule has 2 aromatic rings. The van der Waals surface area contributed by atoms with E-state index in [2.05, 4.69) is 79.8 Å². The SMILES string of the molecule is CCc1ccc(NCc2ccc(CN(C)C)cc2)cc1. The number of nitrogens with one attached hydrogen (secondary N) is 1. The van der Waals surface area contributed by atoms with Gasteiger partial charge in [-0.3, -0.25) is 0 Å². The molecule has 0 heterocycles. The average molecular weight is 268 g/mol. The van der Waals surface area contributed by atoms with Crippen LogP contribution in [0.15, 0.2) is 48.5 Å². The van der Waals surface area contributed by atoms with Crippen molar-refractivity contribution in [2.75, 3.05) is 19.4 Å². The van der Waals surface area contributed by atoms with Gasteiger partial charge in [0.25, 0.3) is 0 Å². The van der Waals surface area contributed by atoms with Gasteiger partial charge in [-0.25, -0.2) is 0 Å². The van der Waals surface area contributed by atoms with E-state index in [1.165, 1.54) is 22.4 Å². The number of anilines is 1. The van der Waals surface area contributed by atoms with Crippen LogP contribution in [0.4, 0.5) is 5.69 Å². The van der Waals surface area contributed by atoms with Gasteiger partial charge in [0.15, 0.2) is 0 Å². The monoisotopic (exact) mass is 268 g/mol. The summed E-state index contributed by atoms with van der Waals surface area (Å²) in [6.45, 7) is 4.04. The van der Waals surface area contributed by atoms with E-state index in [-0.39, 0.29) is 0 Å². The minimum absolute atomic E-state index is 0.869. The zero-order valence-corrected chi connectivity index (χ0v) is 12.7. The van der Waals surface area contributed by atoms with Gasteiger partial charge in [0.05, 0.1) is 0 Å². The molecule has 0 fully saturated rings. The van der Waals surface area contributed by atoms with Crippen molar-refractivity contribution >= 4 is 5.69 Å². The smallest absolute Gasteiger partial charge is 0.0400 e. The van der Waals surface area contributed by atoms with E-state index in [1.807, 2.05) is 0 Å². The highest BCUT2D eigenvalue weighted by molar-refractivity contribution is 5.45. The molecule has 20 heavy (non-hydrogen) atoms. The Kier molecular flexibility index (Phi) is 5.19. The van der Waals surface area contributed by atoms with Gasteiger partial charge < -0.3 is 10.2 Å². The van der Waals surface area contributed by atoms with E-state index in [0.29, 0.717) is 0 Å². The van der Waals surface area contributed by atoms with Gasteiger partial charge in [0.1, 0.15) is 0 Å². The highest BCUT2D eigenvalue weighted by Gasteiger charge is 1.97. The topological polar surface area (TPSA) is 15.3 Å². The molecule has 2 aromatic carbocycles. The predicted octanol–water partition coefficient (Wildman–Crippen LogP) is 3.92. The molecule has 0 unspecified atom stereocenters. The maximum absolute atomic E-state index is 3.46. The molecule has 2 rings (SSSR count). The number of benzene rings is 2. The van der Waals surface area contributed by atoms with Crippen molar-refractivity contribution in [2.45, 2.75) is 26.4 Å². The van der Waals surface area contributed by atoms with Gasteiger partial charge in [0.2, 0.25) is 0 Å². The Labute approximate surface area is 122 Å². The summed E-state index contributed by atoms with van der Waals surface area (Å²) in [6, 6.07) is 17.5. The summed E-state index contributed by atoms with van der Waals surface area (Å²) in [5, 5.41) is 3.46. The van der Waals surface area contributed by atoms with Crippen molar-refractivity contribution in [3.05, 3.63) is 65.2 Å². The zero-order valence-electron chi connectivity index (χ0n) is 12.7. The van der Waals surface area contributed by atoms with Crippen LogP contribution < -0.4 is 5.32 Å². The van der Waals surface area contributed by atoms with Crippen LogP contribution in [0.2, 0.25) is 0 Å². The summed E-state index contributed by atoms with van der Waals surface area (Å²) in [5.41, 5.74) is 5.22. The summed E-state index contributed by atoms with van der Waals surface area (Å²) in [7, 11) is 4.19. The third kappa shape index (κ3) is 4.39. The predicted molar refractivity (Wildman–Crippen MR) is 87.0 cm³/mol. The van der Waals surface area contributed by atoms with E-state index >= 15 is 0 Å². The van der Waals surface area contributed by atoms with Crippen LogP contribution in [0.5, 0.6) is 0 Å². The Morgan fingerprint density at radius 3 is 1.90 bits per heavy atom. The van der Waals surface area contributed by atoms with E-state index < -0.39 is 0 Å². The van der Waals surface area contributed by atoms with Crippen LogP contribution in [0.1, 0.15) is 23.6 Å². The quantitative estimate of drug-likeness (QED) is 0.854. The largest absolute Gasteiger partial charge is 0.381 e. The molecule has 0 bridgehead atoms. The van der Waals surface area contributed by atoms with Gasteiger partial charge in [-0.1, -0.05) is 43.3 Å². The average Bonchev–Trinajstić information content (AvgIpc) is 2.46. The fraction of sp³-hybridized carbons (Fsp3) is 0.333. The molecule has 0 spiro atoms. The van der Waals surface area contributed by atoms with Crippen LogP contribution in [0.25, 0.3) is 0 Å². The molecular weight excluding hydrogens is 244 g/mol. The van der Waals surface area contributed by atoms with Crippen molar-refractivity contribution < 1.29 is 0 Å². The molecule has 2 heteroatoms. The van der Waals surface area contributed by atoms with Crippen molar-refractivity contribution in [3.63, 3.8) is 0 Å². The highest BCUT2D eigenvalue weighted by Crippen LogP contribution is 2.12. The normalized spacial score (nSPS) is 10.8. The minimum atomic E-state index is 0.869. The Balaban J connectivity index is 1.89. The Bertz CT molecular complexity index is 512. The third-order valence-electron chi connectivity index (χ3n) is 3.38. The van der Waals surface area contributed by atoms with E-state index in [0.717, 1.165) is 19.5 Å². The van der Waals surface area contributed by atoms with Gasteiger partial charge in [-0.2, -0.15) is 0 Å². The van der Waals surface area contributed by atoms with E-state index in [4.69, 9.17) is 0 Å². The highest BCUT2D eigenvalue weighted by atomic mass is 15.0. The van der Waals surface area contributed by atoms with E-state index in [1.54, 1.807) is 0 Å². The molecule has 1 N–H and O–H groups in total. The van der Waals surface area contributed by atoms with Gasteiger partial charge in [-0.15, -0.1) is 0 Å². The fourth-order valence-electron chi connectivity index (χ4n) is 2.19. The van der Waals surface area contributed by atoms with Crippen LogP contribution in [0, 0.1) is 0 Å². The second-order valence-electron chi connectivity index (χ2n) is 5.46. The molecule has 0 saturated carbocycles. The van der Waals surface area contributed by atoms with Gasteiger partial charge >= 0.3 is 0 Å². The molecule has 106 valence electrons. The fourth-order valence-corrected chi connectivity index (χ4v) is 2.19. The maximum Gasteiger partial charge on any atom is 0.0400 e. The molecule has 0 aromatic heterocycles. The first-order valence-electron chi connectivity index (χ1n) is 7.22. The molecule has 0 aliphatic rings. The summed E-state index contributed by atoms with van der Waals surface area (Å²) < 4.78 is 0. The van der Waals surface area contributed by atoms with Crippen molar-refractivity contribution in [1.82, 2.24) is 4.90 Å². The Hall–Kier alpha value is -1.80. The lowest BCUT2D eigenvalue weighted by molar-refractivity contribution is 0.402. The first-order valence-corrected chi connectivity index (χ1v) is 7.22. The first-order chi connectivity index (χ1) is 9.67. The van der Waals surface area contributed by atoms with Crippen molar-refractivity contribution in [3.8, 4) is 0 Å². The second kappa shape index (κ2) is 7.11. The molecule has 0 radical (unpaired) electrons. The second-order valence-corrected chi connectivity index (χ2v) is 5.46. The van der Waals surface area contributed by atoms with Gasteiger partial charge in [0, 0.05) is 18.8 Å². The first kappa shape index (κ1) is 14.6. The zero-order chi connectivity index (χ0) is 14.4. The van der Waals surface area contributed by atoms with Crippen molar-refractivity contribution in [2.24, 2.45) is 0 Å². The lowest BCUT2D eigenvalue weighted by Crippen LogP contribution is -2.10. The molecule has 0 amide bonds. The number of hydrogen-bond acceptors (Lipinski definition) is 2. The summed E-state index contributed by atoms with van der Waals surface area (Å²) in [4.78, 5) is 2.18. The van der Waals surface area contributed by atoms with Crippen molar-refractivity contribution in [1.29, 1.82) is 0 Å². The number of rotatable bonds is 6. The standard InChI is InChI=1S/C18H24N2/c1-4-15-9-11-18(12-10-15)19-13-16-5-7-17(8-6-16)14-20(2)3/h5-12,19H,4,13-14H2,1-3H3. The molecule has 2 nitrogen and oxygen atoms in total. The van der Waals surface area contributed by atoms with Gasteiger partial charge in [-0.05, 0) is 49.3 Å². The van der Waals surface area contributed by atoms with Crippen LogP contribution in [0.3, 0.4) is 0 Å². The molecule has 0 atom stereocenters. The lowest BCUT2D eigenvalue weighted by atomic mass is 10.1. The Morgan fingerprint density at radius 1 is 0.800 bits per heavy atom. The molecular formula is C18H24N2. The Morgan fingerprint density at radius 2 is 1.35 bits per heavy atom. The molecule has 0 aliphatic carbocycles. The third-order valence-corrected chi connectivity index (χ3v) is 3.38. The van der Waals surface area contributed by atoms with Crippen LogP contribution >= 0.6 is 0 Å². The number of hydrogen-bond donors (Lipinski definition) is 1. The summed E-state index contributed by atoms with van der Waals surface area (Å²) in [6.07, 6.45) is 1.09. The molecule has 0 saturated heterocycles. The minimum Gasteiger partial charge on any atom is -0.381 e. The van der Waals surface area contributed by atoms with Crippen LogP contribution in [-0.2, 0) is 19.5 Å². The van der Waals surface area contributed by atoms with E-state index in [9.17, 15) is 0 Å². The number of aryl methyl sites for hydroxylation is 1. The lowest BCUT2D eigenvalue weighted by Gasteiger charge is -2.11. The maximum atomic E-state index is 3.46. The summed E-state index contributed by atoms with van der Waals surface area (Å²) in [5.74, 6) is 0. The van der Waals surface area contributed by atoms with Crippen LogP contribution in [-0.4, -0.2) is 19.0 Å².